The van der Waals surface area contributed by atoms with E-state index in [1.54, 1.807) is 62.8 Å². The van der Waals surface area contributed by atoms with Crippen LogP contribution in [0.1, 0.15) is 76.5 Å². The number of benzene rings is 4. The highest BCUT2D eigenvalue weighted by Crippen LogP contribution is 2.46. The highest BCUT2D eigenvalue weighted by Gasteiger charge is 2.47. The minimum atomic E-state index is -0.970. The van der Waals surface area contributed by atoms with Crippen LogP contribution in [0.3, 0.4) is 0 Å². The molecule has 1 amide bonds. The zero-order chi connectivity index (χ0) is 49.5. The maximum absolute atomic E-state index is 14.4. The Balaban J connectivity index is 1.06. The second-order valence-corrected chi connectivity index (χ2v) is 17.7. The third-order valence-electron chi connectivity index (χ3n) is 12.4. The van der Waals surface area contributed by atoms with Crippen LogP contribution >= 0.6 is 0 Å². The summed E-state index contributed by atoms with van der Waals surface area (Å²) in [5.41, 5.74) is 3.42. The van der Waals surface area contributed by atoms with Crippen molar-refractivity contribution in [1.29, 1.82) is 0 Å². The van der Waals surface area contributed by atoms with E-state index in [0.29, 0.717) is 73.4 Å². The zero-order valence-electron chi connectivity index (χ0n) is 39.9. The number of aromatic nitrogens is 2. The molecule has 1 fully saturated rings. The Morgan fingerprint density at radius 3 is 1.50 bits per heavy atom. The molecule has 1 saturated heterocycles. The summed E-state index contributed by atoms with van der Waals surface area (Å²) in [6.07, 6.45) is 6.41. The summed E-state index contributed by atoms with van der Waals surface area (Å²) in [7, 11) is 6.90. The number of aliphatic hydroxyl groups is 2. The lowest BCUT2D eigenvalue weighted by Gasteiger charge is -2.40. The molecule has 4 unspecified atom stereocenters. The topological polar surface area (TPSA) is 165 Å². The number of carbonyl (C=O) groups is 1. The number of hydrogen-bond acceptors (Lipinski definition) is 13. The molecule has 3 N–H and O–H groups in total. The standard InChI is InChI=1S/C54H61F2N5O9/c1-60(31-45(62)35-67-51-11-7-5-9-39(51)17-23-47-27-43(33-65-3)58-69-47)49(37-13-19-41(55)20-14-37)29-54(25-26-57-53(54)64)30-50(38-15-21-42(56)22-16-38)61(2)32-46(63)36-68-52-12-8-6-10-40(52)18-24-48-28-44(34-66-4)59-70-48/h5-24,27-28,45-46,49-50,62-63H,25-26,29-36H2,1-4H3,(H,57,64). The summed E-state index contributed by atoms with van der Waals surface area (Å²) in [5, 5.41) is 34.1. The van der Waals surface area contributed by atoms with Crippen molar-refractivity contribution in [3.63, 3.8) is 0 Å². The molecule has 1 aliphatic heterocycles. The third kappa shape index (κ3) is 14.1. The van der Waals surface area contributed by atoms with Gasteiger partial charge < -0.3 is 43.5 Å². The van der Waals surface area contributed by atoms with Gasteiger partial charge in [0, 0.05) is 69.2 Å². The number of hydrogen-bond donors (Lipinski definition) is 3. The molecule has 7 rings (SSSR count). The Morgan fingerprint density at radius 1 is 0.671 bits per heavy atom. The van der Waals surface area contributed by atoms with Crippen LogP contribution in [0.2, 0.25) is 0 Å². The van der Waals surface area contributed by atoms with Crippen LogP contribution in [0.25, 0.3) is 24.3 Å². The monoisotopic (exact) mass is 961 g/mol. The largest absolute Gasteiger partial charge is 0.490 e. The summed E-state index contributed by atoms with van der Waals surface area (Å²) in [5.74, 6) is 1.26. The molecule has 0 aliphatic carbocycles. The Hall–Kier alpha value is -6.53. The van der Waals surface area contributed by atoms with Crippen molar-refractivity contribution in [2.75, 3.05) is 61.2 Å². The number of halogens is 2. The molecule has 2 aromatic heterocycles. The normalized spacial score (nSPS) is 16.9. The first-order valence-corrected chi connectivity index (χ1v) is 23.2. The smallest absolute Gasteiger partial charge is 0.226 e. The fourth-order valence-corrected chi connectivity index (χ4v) is 8.84. The van der Waals surface area contributed by atoms with Crippen molar-refractivity contribution >= 4 is 30.2 Å². The Morgan fingerprint density at radius 2 is 1.10 bits per heavy atom. The number of rotatable bonds is 26. The minimum absolute atomic E-state index is 0.0399. The molecule has 14 nitrogen and oxygen atoms in total. The number of carbonyl (C=O) groups excluding carboxylic acids is 1. The molecule has 0 spiro atoms. The summed E-state index contributed by atoms with van der Waals surface area (Å²) in [6.45, 7) is 1.32. The minimum Gasteiger partial charge on any atom is -0.490 e. The van der Waals surface area contributed by atoms with E-state index in [1.165, 1.54) is 24.3 Å². The molecule has 0 bridgehead atoms. The molecule has 4 aromatic carbocycles. The molecule has 0 saturated carbocycles. The average Bonchev–Trinajstić information content (AvgIpc) is 4.11. The van der Waals surface area contributed by atoms with E-state index >= 15 is 0 Å². The fourth-order valence-electron chi connectivity index (χ4n) is 8.84. The molecule has 6 aromatic rings. The molecule has 16 heteroatoms. The van der Waals surface area contributed by atoms with Crippen LogP contribution in [-0.4, -0.2) is 110 Å². The van der Waals surface area contributed by atoms with Crippen molar-refractivity contribution in [3.8, 4) is 11.5 Å². The van der Waals surface area contributed by atoms with Gasteiger partial charge in [0.05, 0.1) is 18.6 Å². The van der Waals surface area contributed by atoms with Crippen LogP contribution in [0, 0.1) is 17.0 Å². The summed E-state index contributed by atoms with van der Waals surface area (Å²) >= 11 is 0. The van der Waals surface area contributed by atoms with Gasteiger partial charge in [-0.25, -0.2) is 8.78 Å². The third-order valence-corrected chi connectivity index (χ3v) is 12.4. The van der Waals surface area contributed by atoms with Gasteiger partial charge in [-0.2, -0.15) is 0 Å². The number of likely N-dealkylation sites (N-methyl/N-ethyl adjacent to an activating group) is 2. The maximum atomic E-state index is 14.4. The quantitative estimate of drug-likeness (QED) is 0.0475. The number of ether oxygens (including phenoxy) is 4. The first-order chi connectivity index (χ1) is 33.9. The van der Waals surface area contributed by atoms with E-state index in [9.17, 15) is 23.8 Å². The lowest BCUT2D eigenvalue weighted by atomic mass is 9.72. The number of para-hydroxylation sites is 2. The summed E-state index contributed by atoms with van der Waals surface area (Å²) < 4.78 is 62.2. The number of nitrogens with zero attached hydrogens (tertiary/aromatic N) is 4. The molecule has 70 heavy (non-hydrogen) atoms. The van der Waals surface area contributed by atoms with Crippen molar-refractivity contribution in [3.05, 3.63) is 166 Å². The van der Waals surface area contributed by atoms with Crippen molar-refractivity contribution in [2.24, 2.45) is 5.41 Å². The lowest BCUT2D eigenvalue weighted by Crippen LogP contribution is -2.43. The Bertz CT molecular complexity index is 2470. The second-order valence-electron chi connectivity index (χ2n) is 17.7. The number of methoxy groups -OCH3 is 2. The highest BCUT2D eigenvalue weighted by molar-refractivity contribution is 5.85. The second kappa shape index (κ2) is 24.8. The van der Waals surface area contributed by atoms with E-state index in [1.807, 2.05) is 84.6 Å². The Labute approximate surface area is 407 Å². The van der Waals surface area contributed by atoms with Crippen molar-refractivity contribution < 1.29 is 51.8 Å². The van der Waals surface area contributed by atoms with Crippen molar-refractivity contribution in [2.45, 2.75) is 56.8 Å². The SMILES string of the molecule is COCc1cc(C=Cc2ccccc2OCC(O)CN(C)C(CC2(CC(c3ccc(F)cc3)N(C)CC(O)COc3ccccc3C=Cc3cc(COC)no3)CCNC2=O)c2ccc(F)cc2)on1. The lowest BCUT2D eigenvalue weighted by molar-refractivity contribution is -0.130. The predicted octanol–water partition coefficient (Wildman–Crippen LogP) is 8.39. The molecule has 3 heterocycles. The molecular weight excluding hydrogens is 901 g/mol. The van der Waals surface area contributed by atoms with Gasteiger partial charge in [-0.05, 0) is 105 Å². The van der Waals surface area contributed by atoms with Crippen LogP contribution in [-0.2, 0) is 27.5 Å². The molecular formula is C54H61F2N5O9. The Kier molecular flexibility index (Phi) is 18.2. The summed E-state index contributed by atoms with van der Waals surface area (Å²) in [4.78, 5) is 18.2. The van der Waals surface area contributed by atoms with Crippen LogP contribution in [0.15, 0.2) is 118 Å². The maximum Gasteiger partial charge on any atom is 0.226 e. The van der Waals surface area contributed by atoms with Gasteiger partial charge in [0.2, 0.25) is 5.91 Å². The van der Waals surface area contributed by atoms with Gasteiger partial charge in [0.1, 0.15) is 59.9 Å². The summed E-state index contributed by atoms with van der Waals surface area (Å²) in [6, 6.07) is 29.9. The highest BCUT2D eigenvalue weighted by atomic mass is 19.1. The fraction of sp³-hybridized carbons (Fsp3) is 0.352. The number of aliphatic hydroxyl groups excluding tert-OH is 2. The zero-order valence-corrected chi connectivity index (χ0v) is 39.9. The first-order valence-electron chi connectivity index (χ1n) is 23.2. The van der Waals surface area contributed by atoms with Gasteiger partial charge >= 0.3 is 0 Å². The van der Waals surface area contributed by atoms with Crippen LogP contribution in [0.5, 0.6) is 11.5 Å². The van der Waals surface area contributed by atoms with Gasteiger partial charge in [-0.15, -0.1) is 0 Å². The van der Waals surface area contributed by atoms with Gasteiger partial charge in [-0.3, -0.25) is 14.6 Å². The molecule has 0 radical (unpaired) electrons. The number of amides is 1. The van der Waals surface area contributed by atoms with Gasteiger partial charge in [0.25, 0.3) is 0 Å². The predicted molar refractivity (Wildman–Crippen MR) is 261 cm³/mol. The van der Waals surface area contributed by atoms with E-state index in [4.69, 9.17) is 28.0 Å². The van der Waals surface area contributed by atoms with E-state index in [-0.39, 0.29) is 32.2 Å². The van der Waals surface area contributed by atoms with Crippen molar-refractivity contribution in [1.82, 2.24) is 25.4 Å². The van der Waals surface area contributed by atoms with Crippen LogP contribution in [0.4, 0.5) is 8.78 Å². The van der Waals surface area contributed by atoms with Gasteiger partial charge in [0.15, 0.2) is 11.5 Å². The number of nitrogens with one attached hydrogen (secondary N) is 1. The van der Waals surface area contributed by atoms with Crippen LogP contribution < -0.4 is 14.8 Å². The molecule has 4 atom stereocenters. The average molecular weight is 962 g/mol. The van der Waals surface area contributed by atoms with E-state index in [0.717, 1.165) is 22.3 Å². The van der Waals surface area contributed by atoms with Gasteiger partial charge in [-0.1, -0.05) is 71.0 Å². The first kappa shape index (κ1) is 51.3. The van der Waals surface area contributed by atoms with E-state index in [2.05, 4.69) is 15.6 Å². The molecule has 1 aliphatic rings. The van der Waals surface area contributed by atoms with E-state index < -0.39 is 41.3 Å². The molecule has 370 valence electrons.